The number of amides is 1. The first-order chi connectivity index (χ1) is 14.9. The molecule has 164 valence electrons. The summed E-state index contributed by atoms with van der Waals surface area (Å²) in [6.45, 7) is 2.49. The van der Waals surface area contributed by atoms with Crippen molar-refractivity contribution in [2.45, 2.75) is 31.2 Å². The maximum atomic E-state index is 12.3. The van der Waals surface area contributed by atoms with Crippen LogP contribution in [0.3, 0.4) is 0 Å². The van der Waals surface area contributed by atoms with Crippen molar-refractivity contribution >= 4 is 38.3 Å². The highest BCUT2D eigenvalue weighted by Crippen LogP contribution is 2.27. The zero-order valence-corrected chi connectivity index (χ0v) is 18.8. The van der Waals surface area contributed by atoms with Gasteiger partial charge in [-0.1, -0.05) is 67.4 Å². The quantitative estimate of drug-likeness (QED) is 0.442. The Kier molecular flexibility index (Phi) is 7.90. The second kappa shape index (κ2) is 10.6. The lowest BCUT2D eigenvalue weighted by Crippen LogP contribution is -2.28. The Morgan fingerprint density at radius 2 is 1.84 bits per heavy atom. The number of unbranched alkanes of at least 4 members (excludes halogenated alkanes) is 1. The maximum Gasteiger partial charge on any atom is 0.258 e. The van der Waals surface area contributed by atoms with E-state index in [1.165, 1.54) is 18.2 Å². The van der Waals surface area contributed by atoms with Crippen LogP contribution >= 0.6 is 11.6 Å². The van der Waals surface area contributed by atoms with Gasteiger partial charge >= 0.3 is 0 Å². The molecule has 3 rings (SSSR count). The fourth-order valence-corrected chi connectivity index (χ4v) is 4.47. The maximum absolute atomic E-state index is 12.3. The Labute approximate surface area is 187 Å². The van der Waals surface area contributed by atoms with Gasteiger partial charge in [0.25, 0.3) is 5.91 Å². The van der Waals surface area contributed by atoms with Gasteiger partial charge in [0.05, 0.1) is 9.92 Å². The van der Waals surface area contributed by atoms with Crippen molar-refractivity contribution in [1.29, 1.82) is 0 Å². The number of ether oxygens (including phenoxy) is 1. The van der Waals surface area contributed by atoms with Crippen LogP contribution in [0.4, 0.5) is 0 Å². The molecule has 0 saturated heterocycles. The molecule has 0 heterocycles. The van der Waals surface area contributed by atoms with Crippen LogP contribution in [0.1, 0.15) is 25.3 Å². The van der Waals surface area contributed by atoms with E-state index in [1.54, 1.807) is 0 Å². The molecule has 0 unspecified atom stereocenters. The minimum Gasteiger partial charge on any atom is -0.482 e. The Hall–Kier alpha value is -2.61. The van der Waals surface area contributed by atoms with Crippen molar-refractivity contribution in [2.75, 3.05) is 13.2 Å². The third-order valence-corrected chi connectivity index (χ3v) is 6.50. The van der Waals surface area contributed by atoms with Gasteiger partial charge in [0.15, 0.2) is 6.61 Å². The van der Waals surface area contributed by atoms with Crippen molar-refractivity contribution in [2.24, 2.45) is 0 Å². The van der Waals surface area contributed by atoms with E-state index in [4.69, 9.17) is 16.3 Å². The highest BCUT2D eigenvalue weighted by atomic mass is 35.5. The summed E-state index contributed by atoms with van der Waals surface area (Å²) < 4.78 is 32.6. The van der Waals surface area contributed by atoms with Crippen LogP contribution in [0.2, 0.25) is 5.02 Å². The molecule has 0 atom stereocenters. The number of hydrogen-bond donors (Lipinski definition) is 2. The van der Waals surface area contributed by atoms with Crippen molar-refractivity contribution in [3.63, 3.8) is 0 Å². The topological polar surface area (TPSA) is 84.5 Å². The van der Waals surface area contributed by atoms with E-state index < -0.39 is 10.0 Å². The Morgan fingerprint density at radius 3 is 2.61 bits per heavy atom. The molecule has 0 bridgehead atoms. The third kappa shape index (κ3) is 6.19. The van der Waals surface area contributed by atoms with Crippen molar-refractivity contribution < 1.29 is 17.9 Å². The van der Waals surface area contributed by atoms with Crippen molar-refractivity contribution in [3.8, 4) is 5.75 Å². The van der Waals surface area contributed by atoms with Crippen LogP contribution in [0, 0.1) is 0 Å². The molecule has 1 amide bonds. The van der Waals surface area contributed by atoms with E-state index in [1.807, 2.05) is 49.4 Å². The molecule has 0 aromatic heterocycles. The fraction of sp³-hybridized carbons (Fsp3) is 0.261. The third-order valence-electron chi connectivity index (χ3n) is 4.75. The molecule has 0 saturated carbocycles. The number of fused-ring (bicyclic) bond motifs is 1. The normalized spacial score (nSPS) is 11.4. The zero-order chi connectivity index (χ0) is 22.3. The molecule has 0 aliphatic rings. The Morgan fingerprint density at radius 1 is 1.06 bits per heavy atom. The van der Waals surface area contributed by atoms with E-state index in [-0.39, 0.29) is 28.2 Å². The van der Waals surface area contributed by atoms with Crippen LogP contribution in [0.25, 0.3) is 10.8 Å². The van der Waals surface area contributed by atoms with Gasteiger partial charge in [0.1, 0.15) is 5.75 Å². The molecule has 8 heteroatoms. The second-order valence-electron chi connectivity index (χ2n) is 7.05. The second-order valence-corrected chi connectivity index (χ2v) is 9.22. The summed E-state index contributed by atoms with van der Waals surface area (Å²) in [6, 6.07) is 18.1. The SMILES string of the molecule is CCCCNS(=O)(=O)c1ccc(OCC(=O)NCc2cccc3ccccc23)c(Cl)c1. The standard InChI is InChI=1S/C23H25ClN2O4S/c1-2-3-13-26-31(28,29)19-11-12-22(21(24)14-19)30-16-23(27)25-15-18-9-6-8-17-7-4-5-10-20(17)18/h4-12,14,26H,2-3,13,15-16H2,1H3,(H,25,27). The van der Waals surface area contributed by atoms with E-state index >= 15 is 0 Å². The molecule has 3 aromatic rings. The molecule has 0 fully saturated rings. The van der Waals surface area contributed by atoms with Crippen LogP contribution in [-0.2, 0) is 21.4 Å². The number of hydrogen-bond acceptors (Lipinski definition) is 4. The first kappa shape index (κ1) is 23.1. The first-order valence-electron chi connectivity index (χ1n) is 10.1. The van der Waals surface area contributed by atoms with Gasteiger partial charge in [0.2, 0.25) is 10.0 Å². The largest absolute Gasteiger partial charge is 0.482 e. The first-order valence-corrected chi connectivity index (χ1v) is 11.9. The van der Waals surface area contributed by atoms with Gasteiger partial charge in [0, 0.05) is 13.1 Å². The molecule has 0 spiro atoms. The number of carbonyl (C=O) groups is 1. The van der Waals surface area contributed by atoms with E-state index in [0.29, 0.717) is 13.1 Å². The smallest absolute Gasteiger partial charge is 0.258 e. The minimum atomic E-state index is -3.63. The average molecular weight is 461 g/mol. The predicted molar refractivity (Wildman–Crippen MR) is 123 cm³/mol. The van der Waals surface area contributed by atoms with Crippen LogP contribution in [0.5, 0.6) is 5.75 Å². The van der Waals surface area contributed by atoms with Crippen LogP contribution < -0.4 is 14.8 Å². The number of carbonyl (C=O) groups excluding carboxylic acids is 1. The van der Waals surface area contributed by atoms with Gasteiger partial charge in [-0.05, 0) is 41.0 Å². The number of benzene rings is 3. The lowest BCUT2D eigenvalue weighted by Gasteiger charge is -2.12. The highest BCUT2D eigenvalue weighted by Gasteiger charge is 2.16. The summed E-state index contributed by atoms with van der Waals surface area (Å²) in [5.41, 5.74) is 1.01. The summed E-state index contributed by atoms with van der Waals surface area (Å²) >= 11 is 6.17. The summed E-state index contributed by atoms with van der Waals surface area (Å²) in [5.74, 6) is -0.0589. The average Bonchev–Trinajstić information content (AvgIpc) is 2.76. The Balaban J connectivity index is 1.56. The molecule has 0 aliphatic heterocycles. The fourth-order valence-electron chi connectivity index (χ4n) is 3.07. The molecule has 0 aliphatic carbocycles. The van der Waals surface area contributed by atoms with Gasteiger partial charge in [-0.2, -0.15) is 0 Å². The van der Waals surface area contributed by atoms with Gasteiger partial charge < -0.3 is 10.1 Å². The van der Waals surface area contributed by atoms with Gasteiger partial charge in [-0.3, -0.25) is 4.79 Å². The lowest BCUT2D eigenvalue weighted by molar-refractivity contribution is -0.123. The van der Waals surface area contributed by atoms with Crippen molar-refractivity contribution in [3.05, 3.63) is 71.2 Å². The van der Waals surface area contributed by atoms with E-state index in [2.05, 4.69) is 10.0 Å². The minimum absolute atomic E-state index is 0.0568. The molecule has 31 heavy (non-hydrogen) atoms. The van der Waals surface area contributed by atoms with E-state index in [9.17, 15) is 13.2 Å². The molecule has 3 aromatic carbocycles. The number of sulfonamides is 1. The predicted octanol–water partition coefficient (Wildman–Crippen LogP) is 4.27. The summed E-state index contributed by atoms with van der Waals surface area (Å²) in [4.78, 5) is 12.3. The highest BCUT2D eigenvalue weighted by molar-refractivity contribution is 7.89. The molecule has 6 nitrogen and oxygen atoms in total. The lowest BCUT2D eigenvalue weighted by atomic mass is 10.0. The van der Waals surface area contributed by atoms with Gasteiger partial charge in [-0.15, -0.1) is 0 Å². The van der Waals surface area contributed by atoms with Crippen LogP contribution in [0.15, 0.2) is 65.6 Å². The molecular formula is C23H25ClN2O4S. The summed E-state index contributed by atoms with van der Waals surface area (Å²) in [6.07, 6.45) is 1.64. The zero-order valence-electron chi connectivity index (χ0n) is 17.2. The van der Waals surface area contributed by atoms with Crippen LogP contribution in [-0.4, -0.2) is 27.5 Å². The van der Waals surface area contributed by atoms with Gasteiger partial charge in [-0.25, -0.2) is 13.1 Å². The Bertz CT molecular complexity index is 1160. The number of rotatable bonds is 10. The number of nitrogens with one attached hydrogen (secondary N) is 2. The van der Waals surface area contributed by atoms with Crippen molar-refractivity contribution in [1.82, 2.24) is 10.0 Å². The summed E-state index contributed by atoms with van der Waals surface area (Å²) in [5, 5.41) is 5.15. The molecule has 2 N–H and O–H groups in total. The summed E-state index contributed by atoms with van der Waals surface area (Å²) in [7, 11) is -3.63. The molecular weight excluding hydrogens is 436 g/mol. The monoisotopic (exact) mass is 460 g/mol. The number of halogens is 1. The molecule has 0 radical (unpaired) electrons. The van der Waals surface area contributed by atoms with E-state index in [0.717, 1.165) is 29.2 Å².